The molecule has 8 nitrogen and oxygen atoms in total. The topological polar surface area (TPSA) is 88.5 Å². The first-order valence-corrected chi connectivity index (χ1v) is 14.4. The Morgan fingerprint density at radius 2 is 1.59 bits per heavy atom. The number of carbonyl (C=O) groups is 3. The fourth-order valence-electron chi connectivity index (χ4n) is 5.06. The number of ether oxygens (including phenoxy) is 2. The van der Waals surface area contributed by atoms with E-state index in [0.29, 0.717) is 19.3 Å². The van der Waals surface area contributed by atoms with Crippen molar-refractivity contribution >= 4 is 24.6 Å². The smallest absolute Gasteiger partial charge is 0.411 e. The first kappa shape index (κ1) is 32.0. The van der Waals surface area contributed by atoms with Crippen LogP contribution in [0.5, 0.6) is 0 Å². The Morgan fingerprint density at radius 1 is 0.976 bits per heavy atom. The van der Waals surface area contributed by atoms with E-state index in [9.17, 15) is 14.4 Å². The van der Waals surface area contributed by atoms with Crippen molar-refractivity contribution in [3.05, 3.63) is 71.8 Å². The van der Waals surface area contributed by atoms with Crippen molar-refractivity contribution in [3.63, 3.8) is 0 Å². The molecule has 1 amide bonds. The lowest BCUT2D eigenvalue weighted by Crippen LogP contribution is -2.48. The minimum Gasteiger partial charge on any atom is -0.460 e. The van der Waals surface area contributed by atoms with Crippen LogP contribution in [-0.4, -0.2) is 70.8 Å². The molecule has 0 saturated carbocycles. The summed E-state index contributed by atoms with van der Waals surface area (Å²) in [4.78, 5) is 46.7. The quantitative estimate of drug-likeness (QED) is 0.188. The molecule has 0 aliphatic carbocycles. The summed E-state index contributed by atoms with van der Waals surface area (Å²) < 4.78 is 11.7. The van der Waals surface area contributed by atoms with Crippen LogP contribution in [-0.2, 0) is 32.1 Å². The van der Waals surface area contributed by atoms with E-state index in [2.05, 4.69) is 23.7 Å². The van der Waals surface area contributed by atoms with Gasteiger partial charge in [0.15, 0.2) is 0 Å². The molecule has 0 radical (unpaired) electrons. The molecule has 8 heteroatoms. The summed E-state index contributed by atoms with van der Waals surface area (Å²) in [6, 6.07) is 18.0. The van der Waals surface area contributed by atoms with Crippen LogP contribution in [0.2, 0.25) is 0 Å². The summed E-state index contributed by atoms with van der Waals surface area (Å²) in [6.07, 6.45) is 3.70. The van der Waals surface area contributed by atoms with E-state index in [0.717, 1.165) is 17.4 Å². The Balaban J connectivity index is 1.99. The predicted molar refractivity (Wildman–Crippen MR) is 161 cm³/mol. The van der Waals surface area contributed by atoms with E-state index in [1.54, 1.807) is 18.0 Å². The highest BCUT2D eigenvalue weighted by molar-refractivity contribution is 5.77. The molecular weight excluding hydrogens is 518 g/mol. The minimum absolute atomic E-state index is 0.175. The maximum Gasteiger partial charge on any atom is 0.411 e. The van der Waals surface area contributed by atoms with Crippen LogP contribution in [0, 0.1) is 5.92 Å². The van der Waals surface area contributed by atoms with Gasteiger partial charge < -0.3 is 14.3 Å². The van der Waals surface area contributed by atoms with Crippen LogP contribution in [0.4, 0.5) is 4.79 Å². The number of esters is 1. The molecule has 1 aliphatic rings. The highest BCUT2D eigenvalue weighted by atomic mass is 16.6. The maximum absolute atomic E-state index is 13.7. The molecule has 1 aliphatic heterocycles. The Labute approximate surface area is 244 Å². The van der Waals surface area contributed by atoms with E-state index >= 15 is 0 Å². The van der Waals surface area contributed by atoms with E-state index in [1.807, 2.05) is 81.4 Å². The number of carbonyl (C=O) groups excluding carboxylic acids is 3. The summed E-state index contributed by atoms with van der Waals surface area (Å²) >= 11 is 0. The van der Waals surface area contributed by atoms with Gasteiger partial charge in [0.25, 0.3) is 0 Å². The number of rotatable bonds is 12. The first-order chi connectivity index (χ1) is 19.5. The average molecular weight is 564 g/mol. The molecule has 2 aromatic carbocycles. The molecule has 2 aromatic rings. The van der Waals surface area contributed by atoms with Crippen molar-refractivity contribution in [1.29, 1.82) is 0 Å². The van der Waals surface area contributed by atoms with Crippen molar-refractivity contribution < 1.29 is 23.9 Å². The summed E-state index contributed by atoms with van der Waals surface area (Å²) in [5.74, 6) is -0.118. The maximum atomic E-state index is 13.7. The van der Waals surface area contributed by atoms with Crippen LogP contribution < -0.4 is 0 Å². The number of benzene rings is 2. The van der Waals surface area contributed by atoms with Crippen LogP contribution >= 0.6 is 0 Å². The number of amides is 1. The van der Waals surface area contributed by atoms with Gasteiger partial charge in [0.1, 0.15) is 30.6 Å². The Bertz CT molecular complexity index is 1150. The fraction of sp³-hybridized carbons (Fsp3) is 0.515. The van der Waals surface area contributed by atoms with E-state index < -0.39 is 23.8 Å². The third kappa shape index (κ3) is 9.81. The Hall–Kier alpha value is -3.52. The summed E-state index contributed by atoms with van der Waals surface area (Å²) in [6.45, 7) is 11.8. The molecule has 1 fully saturated rings. The number of nitrogens with zero attached hydrogens (tertiary/aromatic N) is 3. The Morgan fingerprint density at radius 3 is 2.15 bits per heavy atom. The average Bonchev–Trinajstić information content (AvgIpc) is 3.28. The molecule has 3 rings (SSSR count). The third-order valence-electron chi connectivity index (χ3n) is 6.98. The van der Waals surface area contributed by atoms with E-state index in [1.165, 1.54) is 0 Å². The molecule has 4 atom stereocenters. The van der Waals surface area contributed by atoms with E-state index in [4.69, 9.17) is 9.47 Å². The van der Waals surface area contributed by atoms with Gasteiger partial charge in [-0.05, 0) is 64.0 Å². The SMILES string of the molecule is CC(C)C[C@@H](C(=O)OCc1ccccc1)N1CN(C(=O)OC(C)(C)C)[C@@H](Cc2ccccc2)[C@H]1C/C=N/[C@@H](C)C=O. The lowest BCUT2D eigenvalue weighted by Gasteiger charge is -2.32. The minimum atomic E-state index is -0.676. The molecule has 0 spiro atoms. The summed E-state index contributed by atoms with van der Waals surface area (Å²) in [5, 5.41) is 0. The van der Waals surface area contributed by atoms with Crippen LogP contribution in [0.25, 0.3) is 0 Å². The molecule has 1 heterocycles. The monoisotopic (exact) mass is 563 g/mol. The van der Waals surface area contributed by atoms with Gasteiger partial charge in [0.05, 0.1) is 12.7 Å². The molecule has 41 heavy (non-hydrogen) atoms. The van der Waals surface area contributed by atoms with Crippen molar-refractivity contribution in [1.82, 2.24) is 9.80 Å². The van der Waals surface area contributed by atoms with Gasteiger partial charge in [-0.25, -0.2) is 4.79 Å². The first-order valence-electron chi connectivity index (χ1n) is 14.4. The van der Waals surface area contributed by atoms with Gasteiger partial charge in [0.2, 0.25) is 0 Å². The highest BCUT2D eigenvalue weighted by Crippen LogP contribution is 2.32. The molecule has 0 bridgehead atoms. The summed E-state index contributed by atoms with van der Waals surface area (Å²) in [7, 11) is 0. The molecule has 222 valence electrons. The van der Waals surface area contributed by atoms with Crippen LogP contribution in [0.3, 0.4) is 0 Å². The predicted octanol–water partition coefficient (Wildman–Crippen LogP) is 5.68. The van der Waals surface area contributed by atoms with Crippen LogP contribution in [0.15, 0.2) is 65.7 Å². The lowest BCUT2D eigenvalue weighted by molar-refractivity contribution is -0.152. The number of aldehydes is 1. The zero-order valence-corrected chi connectivity index (χ0v) is 25.2. The summed E-state index contributed by atoms with van der Waals surface area (Å²) in [5.41, 5.74) is 1.31. The molecule has 0 aromatic heterocycles. The second kappa shape index (κ2) is 14.9. The van der Waals surface area contributed by atoms with Gasteiger partial charge in [-0.2, -0.15) is 0 Å². The van der Waals surface area contributed by atoms with Gasteiger partial charge in [-0.3, -0.25) is 19.6 Å². The number of aliphatic imine (C=N–C) groups is 1. The van der Waals surface area contributed by atoms with Crippen LogP contribution in [0.1, 0.15) is 65.5 Å². The van der Waals surface area contributed by atoms with Crippen molar-refractivity contribution in [2.45, 2.75) is 97.2 Å². The molecule has 0 N–H and O–H groups in total. The largest absolute Gasteiger partial charge is 0.460 e. The molecular formula is C33H45N3O5. The Kier molecular flexibility index (Phi) is 11.6. The fourth-order valence-corrected chi connectivity index (χ4v) is 5.06. The van der Waals surface area contributed by atoms with Crippen molar-refractivity contribution in [2.24, 2.45) is 10.9 Å². The zero-order chi connectivity index (χ0) is 30.0. The second-order valence-corrected chi connectivity index (χ2v) is 12.1. The molecule has 1 saturated heterocycles. The lowest BCUT2D eigenvalue weighted by atomic mass is 9.94. The van der Waals surface area contributed by atoms with Gasteiger partial charge in [-0.15, -0.1) is 0 Å². The standard InChI is InChI=1S/C33H45N3O5/c1-24(2)19-30(31(38)40-22-27-15-11-8-12-16-27)35-23-36(32(39)41-33(4,5)6)29(20-26-13-9-7-10-14-26)28(35)17-18-34-25(3)21-37/h7-16,18,21,24-25,28-30H,17,19-20,22-23H2,1-6H3/b34-18+/t25-,28+,29-,30-/m0/s1. The normalized spacial score (nSPS) is 19.3. The number of hydrogen-bond donors (Lipinski definition) is 0. The van der Waals surface area contributed by atoms with Crippen molar-refractivity contribution in [3.8, 4) is 0 Å². The molecule has 0 unspecified atom stereocenters. The second-order valence-electron chi connectivity index (χ2n) is 12.1. The zero-order valence-electron chi connectivity index (χ0n) is 25.2. The highest BCUT2D eigenvalue weighted by Gasteiger charge is 2.48. The van der Waals surface area contributed by atoms with Crippen molar-refractivity contribution in [2.75, 3.05) is 6.67 Å². The van der Waals surface area contributed by atoms with Gasteiger partial charge in [0, 0.05) is 12.3 Å². The number of hydrogen-bond acceptors (Lipinski definition) is 7. The van der Waals surface area contributed by atoms with Gasteiger partial charge >= 0.3 is 12.1 Å². The van der Waals surface area contributed by atoms with Gasteiger partial charge in [-0.1, -0.05) is 74.5 Å². The third-order valence-corrected chi connectivity index (χ3v) is 6.98. The van der Waals surface area contributed by atoms with E-state index in [-0.39, 0.29) is 37.2 Å².